The van der Waals surface area contributed by atoms with E-state index in [9.17, 15) is 0 Å². The molecule has 94 valence electrons. The molecule has 0 aliphatic carbocycles. The largest absolute Gasteiger partial charge is 0.389 e. The normalized spacial score (nSPS) is 10.3. The summed E-state index contributed by atoms with van der Waals surface area (Å²) in [6.45, 7) is 0.764. The zero-order valence-electron chi connectivity index (χ0n) is 9.52. The van der Waals surface area contributed by atoms with Crippen LogP contribution in [0.1, 0.15) is 11.3 Å². The monoisotopic (exact) mass is 297 g/mol. The highest BCUT2D eigenvalue weighted by Gasteiger charge is 2.05. The number of nitrogens with two attached hydrogens (primary N) is 1. The number of rotatable bonds is 5. The van der Waals surface area contributed by atoms with Crippen LogP contribution in [0, 0.1) is 0 Å². The van der Waals surface area contributed by atoms with E-state index in [1.807, 2.05) is 23.0 Å². The molecule has 0 saturated heterocycles. The van der Waals surface area contributed by atoms with Crippen molar-refractivity contribution >= 4 is 45.8 Å². The Morgan fingerprint density at radius 2 is 2.33 bits per heavy atom. The van der Waals surface area contributed by atoms with Gasteiger partial charge in [-0.3, -0.25) is 0 Å². The van der Waals surface area contributed by atoms with Crippen LogP contribution in [0.15, 0.2) is 29.1 Å². The number of benzene rings is 1. The minimum absolute atomic E-state index is 0.364. The summed E-state index contributed by atoms with van der Waals surface area (Å²) in [5, 5.41) is 5.98. The summed E-state index contributed by atoms with van der Waals surface area (Å²) in [7, 11) is 0. The Morgan fingerprint density at radius 3 is 3.00 bits per heavy atom. The minimum Gasteiger partial charge on any atom is -0.389 e. The van der Waals surface area contributed by atoms with Crippen LogP contribution < -0.4 is 11.1 Å². The van der Waals surface area contributed by atoms with Crippen molar-refractivity contribution in [1.29, 1.82) is 0 Å². The maximum Gasteiger partial charge on any atom is 0.106 e. The minimum atomic E-state index is 0.364. The van der Waals surface area contributed by atoms with Gasteiger partial charge in [-0.25, -0.2) is 4.98 Å². The molecule has 0 fully saturated rings. The Balaban J connectivity index is 2.03. The quantitative estimate of drug-likeness (QED) is 0.833. The van der Waals surface area contributed by atoms with Gasteiger partial charge in [0.25, 0.3) is 0 Å². The Labute approximate surface area is 120 Å². The van der Waals surface area contributed by atoms with Crippen LogP contribution in [0.4, 0.5) is 5.69 Å². The van der Waals surface area contributed by atoms with Gasteiger partial charge in [-0.1, -0.05) is 23.8 Å². The van der Waals surface area contributed by atoms with E-state index in [4.69, 9.17) is 29.6 Å². The van der Waals surface area contributed by atoms with Crippen molar-refractivity contribution in [3.63, 3.8) is 0 Å². The summed E-state index contributed by atoms with van der Waals surface area (Å²) >= 11 is 12.6. The van der Waals surface area contributed by atoms with Gasteiger partial charge in [0, 0.05) is 34.6 Å². The molecule has 0 unspecified atom stereocenters. The number of anilines is 1. The SMILES string of the molecule is NC(=S)c1ccc(Cl)cc1NCCc1cscn1. The second-order valence-corrected chi connectivity index (χ2v) is 5.31. The molecule has 0 aliphatic heterocycles. The summed E-state index contributed by atoms with van der Waals surface area (Å²) in [4.78, 5) is 4.59. The first kappa shape index (κ1) is 13.3. The molecule has 3 nitrogen and oxygen atoms in total. The maximum atomic E-state index is 5.97. The smallest absolute Gasteiger partial charge is 0.106 e. The first-order chi connectivity index (χ1) is 8.66. The van der Waals surface area contributed by atoms with Gasteiger partial charge in [-0.2, -0.15) is 0 Å². The third-order valence-electron chi connectivity index (χ3n) is 2.43. The van der Waals surface area contributed by atoms with Crippen molar-refractivity contribution in [2.75, 3.05) is 11.9 Å². The molecule has 0 spiro atoms. The Bertz CT molecular complexity index is 540. The van der Waals surface area contributed by atoms with Crippen molar-refractivity contribution in [3.05, 3.63) is 45.4 Å². The van der Waals surface area contributed by atoms with E-state index in [1.54, 1.807) is 17.4 Å². The highest BCUT2D eigenvalue weighted by molar-refractivity contribution is 7.80. The van der Waals surface area contributed by atoms with Crippen molar-refractivity contribution in [1.82, 2.24) is 4.98 Å². The molecule has 2 rings (SSSR count). The van der Waals surface area contributed by atoms with E-state index in [0.717, 1.165) is 29.9 Å². The highest BCUT2D eigenvalue weighted by Crippen LogP contribution is 2.21. The number of thiocarbonyl (C=S) groups is 1. The average molecular weight is 298 g/mol. The molecule has 1 aromatic carbocycles. The topological polar surface area (TPSA) is 50.9 Å². The molecule has 18 heavy (non-hydrogen) atoms. The van der Waals surface area contributed by atoms with Crippen molar-refractivity contribution < 1.29 is 0 Å². The van der Waals surface area contributed by atoms with Gasteiger partial charge in [0.05, 0.1) is 11.2 Å². The molecule has 0 bridgehead atoms. The first-order valence-electron chi connectivity index (χ1n) is 5.37. The van der Waals surface area contributed by atoms with E-state index in [2.05, 4.69) is 10.3 Å². The third kappa shape index (κ3) is 3.41. The molecule has 6 heteroatoms. The van der Waals surface area contributed by atoms with Crippen molar-refractivity contribution in [2.24, 2.45) is 5.73 Å². The zero-order chi connectivity index (χ0) is 13.0. The molecular formula is C12H12ClN3S2. The summed E-state index contributed by atoms with van der Waals surface area (Å²) in [6, 6.07) is 5.44. The van der Waals surface area contributed by atoms with Gasteiger partial charge < -0.3 is 11.1 Å². The van der Waals surface area contributed by atoms with Crippen molar-refractivity contribution in [2.45, 2.75) is 6.42 Å². The van der Waals surface area contributed by atoms with Crippen LogP contribution in [0.2, 0.25) is 5.02 Å². The molecule has 0 saturated carbocycles. The van der Waals surface area contributed by atoms with Crippen LogP contribution in [-0.4, -0.2) is 16.5 Å². The van der Waals surface area contributed by atoms with Crippen LogP contribution in [0.3, 0.4) is 0 Å². The van der Waals surface area contributed by atoms with E-state index < -0.39 is 0 Å². The van der Waals surface area contributed by atoms with Gasteiger partial charge in [0.15, 0.2) is 0 Å². The van der Waals surface area contributed by atoms with Gasteiger partial charge in [0.2, 0.25) is 0 Å². The zero-order valence-corrected chi connectivity index (χ0v) is 11.9. The number of nitrogens with zero attached hydrogens (tertiary/aromatic N) is 1. The Kier molecular flexibility index (Phi) is 4.52. The fourth-order valence-corrected chi connectivity index (χ4v) is 2.51. The number of hydrogen-bond acceptors (Lipinski definition) is 4. The predicted molar refractivity (Wildman–Crippen MR) is 81.6 cm³/mol. The molecule has 1 heterocycles. The summed E-state index contributed by atoms with van der Waals surface area (Å²) < 4.78 is 0. The molecule has 1 aromatic heterocycles. The summed E-state index contributed by atoms with van der Waals surface area (Å²) in [5.74, 6) is 0. The number of hydrogen-bond donors (Lipinski definition) is 2. The van der Waals surface area contributed by atoms with E-state index >= 15 is 0 Å². The fourth-order valence-electron chi connectivity index (χ4n) is 1.56. The lowest BCUT2D eigenvalue weighted by molar-refractivity contribution is 0.977. The molecule has 0 radical (unpaired) electrons. The summed E-state index contributed by atoms with van der Waals surface area (Å²) in [6.07, 6.45) is 0.854. The lowest BCUT2D eigenvalue weighted by Crippen LogP contribution is -2.14. The second kappa shape index (κ2) is 6.13. The lowest BCUT2D eigenvalue weighted by atomic mass is 10.1. The van der Waals surface area contributed by atoms with Crippen LogP contribution in [-0.2, 0) is 6.42 Å². The third-order valence-corrected chi connectivity index (χ3v) is 3.52. The second-order valence-electron chi connectivity index (χ2n) is 3.71. The van der Waals surface area contributed by atoms with E-state index in [0.29, 0.717) is 10.0 Å². The van der Waals surface area contributed by atoms with Gasteiger partial charge in [-0.05, 0) is 18.2 Å². The number of aromatic nitrogens is 1. The maximum absolute atomic E-state index is 5.97. The van der Waals surface area contributed by atoms with Gasteiger partial charge in [0.1, 0.15) is 4.99 Å². The summed E-state index contributed by atoms with van der Waals surface area (Å²) in [5.41, 5.74) is 10.3. The predicted octanol–water partition coefficient (Wildman–Crippen LogP) is 3.09. The van der Waals surface area contributed by atoms with Crippen LogP contribution in [0.5, 0.6) is 0 Å². The van der Waals surface area contributed by atoms with E-state index in [1.165, 1.54) is 0 Å². The highest BCUT2D eigenvalue weighted by atomic mass is 35.5. The molecular weight excluding hydrogens is 286 g/mol. The standard InChI is InChI=1S/C12H12ClN3S2/c13-8-1-2-10(12(14)17)11(5-8)15-4-3-9-6-18-7-16-9/h1-2,5-7,15H,3-4H2,(H2,14,17). The average Bonchev–Trinajstić information content (AvgIpc) is 2.82. The molecule has 3 N–H and O–H groups in total. The fraction of sp³-hybridized carbons (Fsp3) is 0.167. The van der Waals surface area contributed by atoms with Crippen molar-refractivity contribution in [3.8, 4) is 0 Å². The molecule has 0 atom stereocenters. The Hall–Kier alpha value is -1.17. The molecule has 2 aromatic rings. The molecule has 0 aliphatic rings. The van der Waals surface area contributed by atoms with Gasteiger partial charge in [-0.15, -0.1) is 11.3 Å². The Morgan fingerprint density at radius 1 is 1.50 bits per heavy atom. The van der Waals surface area contributed by atoms with E-state index in [-0.39, 0.29) is 0 Å². The van der Waals surface area contributed by atoms with Crippen LogP contribution >= 0.6 is 35.2 Å². The number of halogens is 1. The van der Waals surface area contributed by atoms with Gasteiger partial charge >= 0.3 is 0 Å². The lowest BCUT2D eigenvalue weighted by Gasteiger charge is -2.11. The number of nitrogens with one attached hydrogen (secondary N) is 1. The van der Waals surface area contributed by atoms with Crippen LogP contribution in [0.25, 0.3) is 0 Å². The first-order valence-corrected chi connectivity index (χ1v) is 7.10. The number of thiazole rings is 1. The molecule has 0 amide bonds.